The third-order valence-electron chi connectivity index (χ3n) is 1.31. The molecule has 6 heteroatoms. The van der Waals surface area contributed by atoms with Crippen molar-refractivity contribution in [1.29, 1.82) is 0 Å². The lowest BCUT2D eigenvalue weighted by molar-refractivity contribution is 0.965. The smallest absolute Gasteiger partial charge is 0.189 e. The summed E-state index contributed by atoms with van der Waals surface area (Å²) in [5.74, 6) is 0. The van der Waals surface area contributed by atoms with Gasteiger partial charge in [-0.25, -0.2) is 9.97 Å². The van der Waals surface area contributed by atoms with E-state index in [0.717, 1.165) is 14.7 Å². The molecule has 2 heterocycles. The first-order valence-electron chi connectivity index (χ1n) is 3.50. The van der Waals surface area contributed by atoms with Gasteiger partial charge in [0.2, 0.25) is 0 Å². The Kier molecular flexibility index (Phi) is 2.60. The highest BCUT2D eigenvalue weighted by Crippen LogP contribution is 2.28. The molecule has 0 aromatic carbocycles. The van der Waals surface area contributed by atoms with Crippen molar-refractivity contribution < 1.29 is 0 Å². The van der Waals surface area contributed by atoms with E-state index < -0.39 is 0 Å². The van der Waals surface area contributed by atoms with Crippen molar-refractivity contribution >= 4 is 27.7 Å². The molecule has 2 aromatic heterocycles. The van der Waals surface area contributed by atoms with Crippen molar-refractivity contribution in [3.05, 3.63) is 29.1 Å². The van der Waals surface area contributed by atoms with Gasteiger partial charge in [0.05, 0.1) is 4.47 Å². The summed E-state index contributed by atoms with van der Waals surface area (Å²) >= 11 is 4.83. The Balaban J connectivity index is 2.24. The minimum atomic E-state index is 0.736. The molecule has 0 radical (unpaired) electrons. The lowest BCUT2D eigenvalue weighted by Crippen LogP contribution is -1.81. The number of H-pyrrole nitrogens is 1. The zero-order valence-corrected chi connectivity index (χ0v) is 8.84. The summed E-state index contributed by atoms with van der Waals surface area (Å²) in [5, 5.41) is 8.11. The molecule has 0 amide bonds. The maximum atomic E-state index is 4.18. The Morgan fingerprint density at radius 3 is 3.00 bits per heavy atom. The van der Waals surface area contributed by atoms with Crippen LogP contribution in [0.5, 0.6) is 0 Å². The Morgan fingerprint density at radius 1 is 1.38 bits per heavy atom. The van der Waals surface area contributed by atoms with Gasteiger partial charge in [0, 0.05) is 6.20 Å². The van der Waals surface area contributed by atoms with E-state index >= 15 is 0 Å². The van der Waals surface area contributed by atoms with Crippen molar-refractivity contribution in [2.45, 2.75) is 10.2 Å². The molecule has 0 spiro atoms. The molecule has 0 unspecified atom stereocenters. The monoisotopic (exact) mass is 256 g/mol. The number of rotatable bonds is 2. The van der Waals surface area contributed by atoms with Gasteiger partial charge in [-0.3, -0.25) is 5.10 Å². The van der Waals surface area contributed by atoms with Crippen molar-refractivity contribution in [1.82, 2.24) is 20.2 Å². The maximum Gasteiger partial charge on any atom is 0.189 e. The van der Waals surface area contributed by atoms with Gasteiger partial charge in [-0.1, -0.05) is 0 Å². The second kappa shape index (κ2) is 3.89. The number of halogens is 1. The van der Waals surface area contributed by atoms with Gasteiger partial charge < -0.3 is 0 Å². The zero-order valence-electron chi connectivity index (χ0n) is 6.44. The van der Waals surface area contributed by atoms with E-state index in [4.69, 9.17) is 0 Å². The number of hydrogen-bond acceptors (Lipinski definition) is 4. The van der Waals surface area contributed by atoms with Crippen LogP contribution < -0.4 is 0 Å². The van der Waals surface area contributed by atoms with Gasteiger partial charge in [-0.2, -0.15) is 5.10 Å². The van der Waals surface area contributed by atoms with Crippen LogP contribution in [-0.2, 0) is 0 Å². The van der Waals surface area contributed by atoms with Crippen LogP contribution in [0.3, 0.4) is 0 Å². The first kappa shape index (κ1) is 8.71. The lowest BCUT2D eigenvalue weighted by Gasteiger charge is -1.97. The maximum absolute atomic E-state index is 4.18. The number of hydrogen-bond donors (Lipinski definition) is 1. The fraction of sp³-hybridized carbons (Fsp3) is 0. The van der Waals surface area contributed by atoms with E-state index in [9.17, 15) is 0 Å². The van der Waals surface area contributed by atoms with Crippen LogP contribution in [0.25, 0.3) is 0 Å². The van der Waals surface area contributed by atoms with E-state index in [2.05, 4.69) is 36.1 Å². The van der Waals surface area contributed by atoms with Crippen LogP contribution >= 0.6 is 27.7 Å². The van der Waals surface area contributed by atoms with Gasteiger partial charge >= 0.3 is 0 Å². The summed E-state index contributed by atoms with van der Waals surface area (Å²) in [6.07, 6.45) is 3.21. The number of pyridine rings is 1. The lowest BCUT2D eigenvalue weighted by atomic mass is 10.5. The summed E-state index contributed by atoms with van der Waals surface area (Å²) in [6, 6.07) is 3.81. The summed E-state index contributed by atoms with van der Waals surface area (Å²) in [5.41, 5.74) is 0. The highest BCUT2D eigenvalue weighted by molar-refractivity contribution is 9.10. The largest absolute Gasteiger partial charge is 0.254 e. The molecule has 0 aliphatic rings. The molecule has 4 nitrogen and oxygen atoms in total. The SMILES string of the molecule is Brc1cccnc1Sc1ncn[nH]1. The molecule has 2 aromatic rings. The molecule has 0 aliphatic carbocycles. The first-order chi connectivity index (χ1) is 6.36. The predicted octanol–water partition coefficient (Wildman–Crippen LogP) is 2.11. The van der Waals surface area contributed by atoms with Crippen molar-refractivity contribution in [2.75, 3.05) is 0 Å². The van der Waals surface area contributed by atoms with E-state index in [0.29, 0.717) is 0 Å². The van der Waals surface area contributed by atoms with Crippen LogP contribution in [0.4, 0.5) is 0 Å². The van der Waals surface area contributed by atoms with Crippen LogP contribution in [-0.4, -0.2) is 20.2 Å². The molecule has 0 atom stereocenters. The summed E-state index contributed by atoms with van der Waals surface area (Å²) < 4.78 is 0.955. The van der Waals surface area contributed by atoms with E-state index in [1.165, 1.54) is 18.1 Å². The standard InChI is InChI=1S/C7H5BrN4S/c8-5-2-1-3-9-6(5)13-7-10-4-11-12-7/h1-4H,(H,10,11,12). The second-order valence-electron chi connectivity index (χ2n) is 2.18. The molecule has 0 aliphatic heterocycles. The molecule has 0 saturated carbocycles. The summed E-state index contributed by atoms with van der Waals surface area (Å²) in [4.78, 5) is 8.17. The molecule has 0 bridgehead atoms. The molecule has 66 valence electrons. The van der Waals surface area contributed by atoms with Gasteiger partial charge in [-0.05, 0) is 39.8 Å². The Hall–Kier alpha value is -0.880. The van der Waals surface area contributed by atoms with E-state index in [1.54, 1.807) is 6.20 Å². The van der Waals surface area contributed by atoms with Crippen molar-refractivity contribution in [2.24, 2.45) is 0 Å². The zero-order chi connectivity index (χ0) is 9.10. The molecule has 13 heavy (non-hydrogen) atoms. The fourth-order valence-electron chi connectivity index (χ4n) is 0.781. The van der Waals surface area contributed by atoms with Crippen LogP contribution in [0.15, 0.2) is 39.3 Å². The number of aromatic nitrogens is 4. The van der Waals surface area contributed by atoms with Crippen LogP contribution in [0, 0.1) is 0 Å². The molecule has 0 saturated heterocycles. The topological polar surface area (TPSA) is 54.5 Å². The minimum Gasteiger partial charge on any atom is -0.254 e. The number of aromatic amines is 1. The highest BCUT2D eigenvalue weighted by Gasteiger charge is 2.04. The average molecular weight is 257 g/mol. The Morgan fingerprint density at radius 2 is 2.31 bits per heavy atom. The van der Waals surface area contributed by atoms with E-state index in [1.807, 2.05) is 12.1 Å². The third kappa shape index (κ3) is 2.07. The minimum absolute atomic E-state index is 0.736. The van der Waals surface area contributed by atoms with Gasteiger partial charge in [0.25, 0.3) is 0 Å². The number of nitrogens with zero attached hydrogens (tertiary/aromatic N) is 3. The normalized spacial score (nSPS) is 10.2. The van der Waals surface area contributed by atoms with Crippen LogP contribution in [0.1, 0.15) is 0 Å². The first-order valence-corrected chi connectivity index (χ1v) is 5.11. The molecule has 2 rings (SSSR count). The number of nitrogens with one attached hydrogen (secondary N) is 1. The molecule has 0 fully saturated rings. The third-order valence-corrected chi connectivity index (χ3v) is 3.12. The highest BCUT2D eigenvalue weighted by atomic mass is 79.9. The fourth-order valence-corrected chi connectivity index (χ4v) is 1.94. The van der Waals surface area contributed by atoms with Gasteiger partial charge in [0.1, 0.15) is 11.4 Å². The second-order valence-corrected chi connectivity index (χ2v) is 4.01. The van der Waals surface area contributed by atoms with Crippen molar-refractivity contribution in [3.8, 4) is 0 Å². The predicted molar refractivity (Wildman–Crippen MR) is 52.4 cm³/mol. The molecular formula is C7H5BrN4S. The Bertz CT molecular complexity index is 389. The summed E-state index contributed by atoms with van der Waals surface area (Å²) in [7, 11) is 0. The quantitative estimate of drug-likeness (QED) is 0.895. The summed E-state index contributed by atoms with van der Waals surface area (Å²) in [6.45, 7) is 0. The van der Waals surface area contributed by atoms with Crippen LogP contribution in [0.2, 0.25) is 0 Å². The van der Waals surface area contributed by atoms with Gasteiger partial charge in [-0.15, -0.1) is 0 Å². The molecular weight excluding hydrogens is 252 g/mol. The van der Waals surface area contributed by atoms with E-state index in [-0.39, 0.29) is 0 Å². The average Bonchev–Trinajstić information content (AvgIpc) is 2.61. The van der Waals surface area contributed by atoms with Gasteiger partial charge in [0.15, 0.2) is 5.16 Å². The van der Waals surface area contributed by atoms with Crippen molar-refractivity contribution in [3.63, 3.8) is 0 Å². The Labute approximate surface area is 87.3 Å². The molecule has 1 N–H and O–H groups in total.